The zero-order valence-electron chi connectivity index (χ0n) is 6.41. The number of aliphatic hydroxyl groups excluding tert-OH is 1. The van der Waals surface area contributed by atoms with Crippen molar-refractivity contribution in [2.24, 2.45) is 0 Å². The van der Waals surface area contributed by atoms with Crippen molar-refractivity contribution in [3.8, 4) is 0 Å². The molecule has 1 rings (SSSR count). The van der Waals surface area contributed by atoms with Crippen molar-refractivity contribution in [2.45, 2.75) is 6.04 Å². The van der Waals surface area contributed by atoms with Crippen LogP contribution in [0.1, 0.15) is 0 Å². The topological polar surface area (TPSA) is 52.6 Å². The van der Waals surface area contributed by atoms with Crippen LogP contribution in [0, 0.1) is 0 Å². The Morgan fingerprint density at radius 2 is 2.45 bits per heavy atom. The summed E-state index contributed by atoms with van der Waals surface area (Å²) in [5, 5.41) is 11.6. The maximum absolute atomic E-state index is 10.8. The molecule has 0 unspecified atom stereocenters. The maximum atomic E-state index is 10.8. The maximum Gasteiger partial charge on any atom is 0.236 e. The highest BCUT2D eigenvalue weighted by Crippen LogP contribution is 1.95. The summed E-state index contributed by atoms with van der Waals surface area (Å²) in [7, 11) is 1.74. The molecule has 0 radical (unpaired) electrons. The molecule has 1 saturated heterocycles. The average molecular weight is 181 g/mol. The molecular formula is C6H13ClN2O2. The zero-order valence-corrected chi connectivity index (χ0v) is 7.23. The first kappa shape index (κ1) is 10.7. The lowest BCUT2D eigenvalue weighted by Gasteiger charge is -2.29. The van der Waals surface area contributed by atoms with Gasteiger partial charge in [0, 0.05) is 19.6 Å². The molecule has 0 aliphatic carbocycles. The fraction of sp³-hybridized carbons (Fsp3) is 0.833. The molecule has 4 nitrogen and oxygen atoms in total. The van der Waals surface area contributed by atoms with E-state index in [9.17, 15) is 4.79 Å². The number of carbonyl (C=O) groups is 1. The number of halogens is 1. The lowest BCUT2D eigenvalue weighted by molar-refractivity contribution is -0.131. The second-order valence-electron chi connectivity index (χ2n) is 2.53. The first-order valence-electron chi connectivity index (χ1n) is 3.32. The first-order valence-corrected chi connectivity index (χ1v) is 3.32. The molecule has 1 fully saturated rings. The molecule has 0 saturated carbocycles. The lowest BCUT2D eigenvalue weighted by Crippen LogP contribution is -2.53. The summed E-state index contributed by atoms with van der Waals surface area (Å²) >= 11 is 0. The highest BCUT2D eigenvalue weighted by molar-refractivity contribution is 5.85. The molecule has 1 heterocycles. The van der Waals surface area contributed by atoms with Crippen LogP contribution < -0.4 is 5.32 Å². The van der Waals surface area contributed by atoms with Crippen molar-refractivity contribution in [2.75, 3.05) is 26.7 Å². The molecule has 1 atom stereocenters. The molecule has 1 aliphatic heterocycles. The number of nitrogens with one attached hydrogen (secondary N) is 1. The minimum Gasteiger partial charge on any atom is -0.395 e. The predicted octanol–water partition coefficient (Wildman–Crippen LogP) is -1.17. The van der Waals surface area contributed by atoms with Crippen LogP contribution in [-0.2, 0) is 4.79 Å². The Labute approximate surface area is 72.0 Å². The van der Waals surface area contributed by atoms with E-state index >= 15 is 0 Å². The Hall–Kier alpha value is -0.320. The van der Waals surface area contributed by atoms with Crippen LogP contribution in [0.25, 0.3) is 0 Å². The number of carbonyl (C=O) groups excluding carboxylic acids is 1. The number of likely N-dealkylation sites (N-methyl/N-ethyl adjacent to an activating group) is 1. The first-order chi connectivity index (χ1) is 4.74. The van der Waals surface area contributed by atoms with E-state index in [0.717, 1.165) is 0 Å². The Bertz CT molecular complexity index is 143. The standard InChI is InChI=1S/C6H12N2O2.ClH/c1-8-3-5(4-9)7-2-6(8)10;/h5,7,9H,2-4H2,1H3;1H/t5-;/m0./s1. The van der Waals surface area contributed by atoms with Gasteiger partial charge in [-0.3, -0.25) is 4.79 Å². The van der Waals surface area contributed by atoms with Crippen LogP contribution in [0.2, 0.25) is 0 Å². The van der Waals surface area contributed by atoms with Crippen LogP contribution in [0.4, 0.5) is 0 Å². The van der Waals surface area contributed by atoms with Gasteiger partial charge in [0.05, 0.1) is 13.2 Å². The van der Waals surface area contributed by atoms with Gasteiger partial charge in [0.1, 0.15) is 0 Å². The number of rotatable bonds is 1. The zero-order chi connectivity index (χ0) is 7.56. The minimum absolute atomic E-state index is 0. The molecule has 2 N–H and O–H groups in total. The van der Waals surface area contributed by atoms with E-state index in [2.05, 4.69) is 5.32 Å². The van der Waals surface area contributed by atoms with Crippen molar-refractivity contribution in [1.82, 2.24) is 10.2 Å². The minimum atomic E-state index is 0. The fourth-order valence-electron chi connectivity index (χ4n) is 0.986. The number of aliphatic hydroxyl groups is 1. The highest BCUT2D eigenvalue weighted by Gasteiger charge is 2.20. The second-order valence-corrected chi connectivity index (χ2v) is 2.53. The van der Waals surface area contributed by atoms with Gasteiger partial charge in [0.15, 0.2) is 0 Å². The third kappa shape index (κ3) is 2.65. The normalized spacial score (nSPS) is 24.7. The molecule has 1 amide bonds. The summed E-state index contributed by atoms with van der Waals surface area (Å²) in [6.07, 6.45) is 0. The van der Waals surface area contributed by atoms with E-state index < -0.39 is 0 Å². The second kappa shape index (κ2) is 4.54. The van der Waals surface area contributed by atoms with Gasteiger partial charge in [-0.25, -0.2) is 0 Å². The van der Waals surface area contributed by atoms with Crippen molar-refractivity contribution in [3.63, 3.8) is 0 Å². The summed E-state index contributed by atoms with van der Waals surface area (Å²) in [6.45, 7) is 1.05. The van der Waals surface area contributed by atoms with Crippen LogP contribution in [0.15, 0.2) is 0 Å². The molecule has 0 aromatic rings. The van der Waals surface area contributed by atoms with E-state index in [-0.39, 0.29) is 31.0 Å². The Kier molecular flexibility index (Phi) is 4.40. The molecule has 0 aromatic carbocycles. The van der Waals surface area contributed by atoms with Gasteiger partial charge in [-0.05, 0) is 0 Å². The SMILES string of the molecule is CN1C[C@@H](CO)NCC1=O.Cl. The molecule has 0 bridgehead atoms. The number of piperazine rings is 1. The highest BCUT2D eigenvalue weighted by atomic mass is 35.5. The van der Waals surface area contributed by atoms with Gasteiger partial charge in [-0.15, -0.1) is 12.4 Å². The summed E-state index contributed by atoms with van der Waals surface area (Å²) < 4.78 is 0. The van der Waals surface area contributed by atoms with Crippen molar-refractivity contribution < 1.29 is 9.90 Å². The van der Waals surface area contributed by atoms with E-state index in [1.165, 1.54) is 0 Å². The number of hydrogen-bond donors (Lipinski definition) is 2. The molecule has 66 valence electrons. The lowest BCUT2D eigenvalue weighted by atomic mass is 10.2. The molecule has 0 spiro atoms. The molecule has 5 heteroatoms. The van der Waals surface area contributed by atoms with Crippen molar-refractivity contribution in [3.05, 3.63) is 0 Å². The summed E-state index contributed by atoms with van der Waals surface area (Å²) in [6, 6.07) is 0.0581. The molecule has 11 heavy (non-hydrogen) atoms. The largest absolute Gasteiger partial charge is 0.395 e. The third-order valence-electron chi connectivity index (χ3n) is 1.68. The number of nitrogens with zero attached hydrogens (tertiary/aromatic N) is 1. The van der Waals surface area contributed by atoms with Gasteiger partial charge >= 0.3 is 0 Å². The summed E-state index contributed by atoms with van der Waals surface area (Å²) in [4.78, 5) is 12.5. The fourth-order valence-corrected chi connectivity index (χ4v) is 0.986. The Morgan fingerprint density at radius 1 is 1.82 bits per heavy atom. The predicted molar refractivity (Wildman–Crippen MR) is 43.8 cm³/mol. The monoisotopic (exact) mass is 180 g/mol. The average Bonchev–Trinajstić information content (AvgIpc) is 1.95. The van der Waals surface area contributed by atoms with Gasteiger partial charge in [0.2, 0.25) is 5.91 Å². The molecule has 0 aromatic heterocycles. The van der Waals surface area contributed by atoms with Crippen LogP contribution in [0.3, 0.4) is 0 Å². The van der Waals surface area contributed by atoms with Gasteiger partial charge in [0.25, 0.3) is 0 Å². The van der Waals surface area contributed by atoms with Gasteiger partial charge in [-0.1, -0.05) is 0 Å². The van der Waals surface area contributed by atoms with Crippen molar-refractivity contribution >= 4 is 18.3 Å². The van der Waals surface area contributed by atoms with Crippen LogP contribution >= 0.6 is 12.4 Å². The van der Waals surface area contributed by atoms with Crippen LogP contribution in [-0.4, -0.2) is 48.7 Å². The Morgan fingerprint density at radius 3 is 2.91 bits per heavy atom. The van der Waals surface area contributed by atoms with E-state index in [4.69, 9.17) is 5.11 Å². The molecular weight excluding hydrogens is 168 g/mol. The van der Waals surface area contributed by atoms with E-state index in [1.807, 2.05) is 0 Å². The molecule has 1 aliphatic rings. The van der Waals surface area contributed by atoms with E-state index in [0.29, 0.717) is 13.1 Å². The number of amides is 1. The van der Waals surface area contributed by atoms with Crippen LogP contribution in [0.5, 0.6) is 0 Å². The van der Waals surface area contributed by atoms with Crippen molar-refractivity contribution in [1.29, 1.82) is 0 Å². The van der Waals surface area contributed by atoms with E-state index in [1.54, 1.807) is 11.9 Å². The smallest absolute Gasteiger partial charge is 0.236 e. The number of hydrogen-bond acceptors (Lipinski definition) is 3. The van der Waals surface area contributed by atoms with Gasteiger partial charge in [-0.2, -0.15) is 0 Å². The quantitative estimate of drug-likeness (QED) is 0.535. The third-order valence-corrected chi connectivity index (χ3v) is 1.68. The Balaban J connectivity index is 0.000001000. The van der Waals surface area contributed by atoms with Gasteiger partial charge < -0.3 is 15.3 Å². The summed E-state index contributed by atoms with van der Waals surface area (Å²) in [5.41, 5.74) is 0. The summed E-state index contributed by atoms with van der Waals surface area (Å²) in [5.74, 6) is 0.0877.